The van der Waals surface area contributed by atoms with E-state index in [2.05, 4.69) is 10.3 Å². The summed E-state index contributed by atoms with van der Waals surface area (Å²) in [7, 11) is 3.92. The fourth-order valence-corrected chi connectivity index (χ4v) is 1.21. The molecule has 6 nitrogen and oxygen atoms in total. The van der Waals surface area contributed by atoms with Gasteiger partial charge in [-0.05, 0) is 27.1 Å². The summed E-state index contributed by atoms with van der Waals surface area (Å²) in [6.45, 7) is 2.65. The minimum atomic E-state index is -1.04. The van der Waals surface area contributed by atoms with Crippen molar-refractivity contribution in [1.29, 1.82) is 0 Å². The number of nitrogens with zero attached hydrogens (tertiary/aromatic N) is 2. The molecule has 0 aliphatic rings. The topological polar surface area (TPSA) is 91.5 Å². The van der Waals surface area contributed by atoms with Crippen LogP contribution in [0.2, 0.25) is 0 Å². The number of likely N-dealkylation sites (N-methyl/N-ethyl adjacent to an activating group) is 1. The van der Waals surface area contributed by atoms with E-state index >= 15 is 0 Å². The van der Waals surface area contributed by atoms with Crippen LogP contribution in [0.5, 0.6) is 0 Å². The first-order valence-electron chi connectivity index (χ1n) is 5.31. The highest BCUT2D eigenvalue weighted by Gasteiger charge is 2.13. The smallest absolute Gasteiger partial charge is 0.339 e. The number of carbonyl (C=O) groups is 1. The lowest BCUT2D eigenvalue weighted by Crippen LogP contribution is -2.32. The van der Waals surface area contributed by atoms with E-state index in [1.807, 2.05) is 25.9 Å². The van der Waals surface area contributed by atoms with Gasteiger partial charge in [-0.3, -0.25) is 0 Å². The molecule has 17 heavy (non-hydrogen) atoms. The lowest BCUT2D eigenvalue weighted by molar-refractivity contribution is 0.0697. The number of hydrogen-bond donors (Lipinski definition) is 3. The van der Waals surface area contributed by atoms with Gasteiger partial charge in [0, 0.05) is 12.6 Å². The molecule has 94 valence electrons. The maximum atomic E-state index is 11.0. The van der Waals surface area contributed by atoms with Gasteiger partial charge in [0.15, 0.2) is 0 Å². The fourth-order valence-electron chi connectivity index (χ4n) is 1.21. The van der Waals surface area contributed by atoms with Crippen molar-refractivity contribution in [3.63, 3.8) is 0 Å². The molecule has 1 atom stereocenters. The molecule has 0 aliphatic heterocycles. The molecule has 1 aromatic heterocycles. The molecule has 0 aromatic carbocycles. The number of carboxylic acid groups (broad SMARTS) is 1. The molecule has 1 rings (SSSR count). The second-order valence-corrected chi connectivity index (χ2v) is 4.16. The molecule has 6 heteroatoms. The van der Waals surface area contributed by atoms with Crippen LogP contribution in [0.25, 0.3) is 0 Å². The minimum Gasteiger partial charge on any atom is -0.478 e. The Hall–Kier alpha value is -1.82. The van der Waals surface area contributed by atoms with Crippen LogP contribution in [0.1, 0.15) is 17.3 Å². The number of aromatic nitrogens is 1. The fraction of sp³-hybridized carbons (Fsp3) is 0.455. The van der Waals surface area contributed by atoms with Gasteiger partial charge in [0.25, 0.3) is 0 Å². The summed E-state index contributed by atoms with van der Waals surface area (Å²) in [5.41, 5.74) is 5.94. The predicted octanol–water partition coefficient (Wildman–Crippen LogP) is 0.724. The van der Waals surface area contributed by atoms with Gasteiger partial charge in [-0.2, -0.15) is 0 Å². The normalized spacial score (nSPS) is 12.5. The maximum absolute atomic E-state index is 11.0. The summed E-state index contributed by atoms with van der Waals surface area (Å²) >= 11 is 0. The van der Waals surface area contributed by atoms with E-state index in [9.17, 15) is 4.79 Å². The molecular formula is C11H18N4O2. The van der Waals surface area contributed by atoms with Crippen molar-refractivity contribution in [3.05, 3.63) is 17.8 Å². The number of nitrogens with one attached hydrogen (secondary N) is 1. The Morgan fingerprint density at radius 2 is 2.29 bits per heavy atom. The molecule has 0 amide bonds. The van der Waals surface area contributed by atoms with E-state index in [0.717, 1.165) is 0 Å². The molecule has 1 heterocycles. The first kappa shape index (κ1) is 13.2. The first-order valence-corrected chi connectivity index (χ1v) is 5.31. The average molecular weight is 238 g/mol. The number of pyridine rings is 1. The van der Waals surface area contributed by atoms with Gasteiger partial charge in [-0.25, -0.2) is 9.78 Å². The van der Waals surface area contributed by atoms with Crippen molar-refractivity contribution in [2.45, 2.75) is 13.0 Å². The van der Waals surface area contributed by atoms with Crippen LogP contribution in [0.4, 0.5) is 11.5 Å². The minimum absolute atomic E-state index is 0.0935. The van der Waals surface area contributed by atoms with Crippen LogP contribution in [-0.2, 0) is 0 Å². The number of nitrogens with two attached hydrogens (primary N) is 1. The van der Waals surface area contributed by atoms with Crippen molar-refractivity contribution >= 4 is 17.5 Å². The largest absolute Gasteiger partial charge is 0.478 e. The van der Waals surface area contributed by atoms with E-state index in [4.69, 9.17) is 10.8 Å². The predicted molar refractivity (Wildman–Crippen MR) is 67.2 cm³/mol. The molecule has 0 saturated carbocycles. The molecule has 0 fully saturated rings. The Bertz CT molecular complexity index is 406. The maximum Gasteiger partial charge on any atom is 0.339 e. The number of hydrogen-bond acceptors (Lipinski definition) is 5. The zero-order valence-corrected chi connectivity index (χ0v) is 10.3. The first-order chi connectivity index (χ1) is 7.91. The SMILES string of the molecule is CC(CNc1ncc(N)cc1C(=O)O)N(C)C. The van der Waals surface area contributed by atoms with E-state index in [1.165, 1.54) is 12.3 Å². The Balaban J connectivity index is 2.80. The second kappa shape index (κ2) is 5.49. The third-order valence-electron chi connectivity index (χ3n) is 2.59. The molecule has 4 N–H and O–H groups in total. The van der Waals surface area contributed by atoms with Crippen LogP contribution in [-0.4, -0.2) is 47.6 Å². The summed E-state index contributed by atoms with van der Waals surface area (Å²) in [4.78, 5) is 17.0. The molecule has 0 radical (unpaired) electrons. The van der Waals surface area contributed by atoms with Crippen LogP contribution in [0, 0.1) is 0 Å². The molecule has 0 aliphatic carbocycles. The van der Waals surface area contributed by atoms with Crippen molar-refractivity contribution in [2.75, 3.05) is 31.7 Å². The Kier molecular flexibility index (Phi) is 4.28. The van der Waals surface area contributed by atoms with Gasteiger partial charge in [0.05, 0.1) is 11.9 Å². The summed E-state index contributed by atoms with van der Waals surface area (Å²) in [6.07, 6.45) is 1.44. The van der Waals surface area contributed by atoms with Crippen molar-refractivity contribution in [1.82, 2.24) is 9.88 Å². The molecule has 0 saturated heterocycles. The van der Waals surface area contributed by atoms with Gasteiger partial charge < -0.3 is 21.1 Å². The molecule has 1 aromatic rings. The van der Waals surface area contributed by atoms with Crippen LogP contribution >= 0.6 is 0 Å². The summed E-state index contributed by atoms with van der Waals surface area (Å²) in [6, 6.07) is 1.67. The van der Waals surface area contributed by atoms with E-state index in [-0.39, 0.29) is 11.6 Å². The third kappa shape index (κ3) is 3.60. The number of anilines is 2. The lowest BCUT2D eigenvalue weighted by Gasteiger charge is -2.20. The Morgan fingerprint density at radius 1 is 1.65 bits per heavy atom. The highest BCUT2D eigenvalue weighted by Crippen LogP contribution is 2.15. The van der Waals surface area contributed by atoms with Gasteiger partial charge in [0.2, 0.25) is 0 Å². The number of aromatic carboxylic acids is 1. The Labute approximate surface area is 100 Å². The molecule has 0 spiro atoms. The zero-order chi connectivity index (χ0) is 13.0. The van der Waals surface area contributed by atoms with Gasteiger partial charge in [-0.15, -0.1) is 0 Å². The van der Waals surface area contributed by atoms with Crippen LogP contribution in [0.3, 0.4) is 0 Å². The average Bonchev–Trinajstić information content (AvgIpc) is 2.26. The molecule has 0 bridgehead atoms. The highest BCUT2D eigenvalue weighted by molar-refractivity contribution is 5.94. The molecular weight excluding hydrogens is 220 g/mol. The van der Waals surface area contributed by atoms with Crippen molar-refractivity contribution in [2.24, 2.45) is 0 Å². The Morgan fingerprint density at radius 3 is 2.82 bits per heavy atom. The van der Waals surface area contributed by atoms with Crippen LogP contribution in [0.15, 0.2) is 12.3 Å². The van der Waals surface area contributed by atoms with Crippen LogP contribution < -0.4 is 11.1 Å². The third-order valence-corrected chi connectivity index (χ3v) is 2.59. The lowest BCUT2D eigenvalue weighted by atomic mass is 10.2. The number of nitrogen functional groups attached to an aromatic ring is 1. The standard InChI is InChI=1S/C11H18N4O2/c1-7(15(2)3)5-13-10-9(11(16)17)4-8(12)6-14-10/h4,6-7H,5,12H2,1-3H3,(H,13,14)(H,16,17). The summed E-state index contributed by atoms with van der Waals surface area (Å²) in [5, 5.41) is 12.0. The van der Waals surface area contributed by atoms with E-state index < -0.39 is 5.97 Å². The van der Waals surface area contributed by atoms with Gasteiger partial charge >= 0.3 is 5.97 Å². The van der Waals surface area contributed by atoms with Crippen molar-refractivity contribution < 1.29 is 9.90 Å². The van der Waals surface area contributed by atoms with Crippen molar-refractivity contribution in [3.8, 4) is 0 Å². The quantitative estimate of drug-likeness (QED) is 0.700. The summed E-state index contributed by atoms with van der Waals surface area (Å²) in [5.74, 6) is -0.690. The summed E-state index contributed by atoms with van der Waals surface area (Å²) < 4.78 is 0. The van der Waals surface area contributed by atoms with E-state index in [0.29, 0.717) is 18.1 Å². The van der Waals surface area contributed by atoms with Gasteiger partial charge in [0.1, 0.15) is 11.4 Å². The number of carboxylic acids is 1. The number of rotatable bonds is 5. The second-order valence-electron chi connectivity index (χ2n) is 4.16. The van der Waals surface area contributed by atoms with Gasteiger partial charge in [-0.1, -0.05) is 0 Å². The molecule has 1 unspecified atom stereocenters. The monoisotopic (exact) mass is 238 g/mol. The zero-order valence-electron chi connectivity index (χ0n) is 10.3. The van der Waals surface area contributed by atoms with E-state index in [1.54, 1.807) is 0 Å². The highest BCUT2D eigenvalue weighted by atomic mass is 16.4.